The molecule has 0 aliphatic carbocycles. The van der Waals surface area contributed by atoms with Crippen molar-refractivity contribution in [3.63, 3.8) is 0 Å². The van der Waals surface area contributed by atoms with Gasteiger partial charge in [0.15, 0.2) is 0 Å². The third-order valence-electron chi connectivity index (χ3n) is 5.51. The topological polar surface area (TPSA) is 99.2 Å². The summed E-state index contributed by atoms with van der Waals surface area (Å²) in [5, 5.41) is 8.97. The Bertz CT molecular complexity index is 757. The molecular weight excluding hydrogens is 376 g/mol. The molecule has 1 atom stereocenters. The first kappa shape index (κ1) is 19.4. The van der Waals surface area contributed by atoms with Gasteiger partial charge in [0.1, 0.15) is 0 Å². The molecule has 0 saturated carbocycles. The van der Waals surface area contributed by atoms with Crippen molar-refractivity contribution >= 4 is 34.9 Å². The summed E-state index contributed by atoms with van der Waals surface area (Å²) < 4.78 is 0. The van der Waals surface area contributed by atoms with Crippen molar-refractivity contribution in [2.45, 2.75) is 19.3 Å². The van der Waals surface area contributed by atoms with Crippen LogP contribution in [0.2, 0.25) is 0 Å². The number of thioether (sulfide) groups is 1. The minimum Gasteiger partial charge on any atom is -0.341 e. The van der Waals surface area contributed by atoms with Gasteiger partial charge in [-0.05, 0) is 81.2 Å². The van der Waals surface area contributed by atoms with Crippen LogP contribution in [0.25, 0.3) is 6.08 Å². The van der Waals surface area contributed by atoms with Crippen molar-refractivity contribution in [3.05, 3.63) is 22.9 Å². The number of carbonyl (C=O) groups is 2. The first-order valence-electron chi connectivity index (χ1n) is 9.91. The molecule has 28 heavy (non-hydrogen) atoms. The normalized spacial score (nSPS) is 24.9. The number of piperidine rings is 1. The Kier molecular flexibility index (Phi) is 6.23. The first-order chi connectivity index (χ1) is 13.7. The lowest BCUT2D eigenvalue weighted by molar-refractivity contribution is -0.115. The summed E-state index contributed by atoms with van der Waals surface area (Å²) in [6, 6.07) is 1.75. The molecule has 2 amide bonds. The number of nitrogens with zero attached hydrogens (tertiary/aromatic N) is 3. The molecule has 150 valence electrons. The van der Waals surface area contributed by atoms with Crippen LogP contribution >= 0.6 is 11.8 Å². The fourth-order valence-electron chi connectivity index (χ4n) is 3.87. The van der Waals surface area contributed by atoms with Gasteiger partial charge in [0.25, 0.3) is 11.1 Å². The molecule has 1 unspecified atom stereocenters. The van der Waals surface area contributed by atoms with Crippen molar-refractivity contribution in [3.8, 4) is 0 Å². The number of carbonyl (C=O) groups excluding carboxylic acids is 2. The van der Waals surface area contributed by atoms with E-state index in [2.05, 4.69) is 30.8 Å². The van der Waals surface area contributed by atoms with Crippen molar-refractivity contribution < 1.29 is 9.59 Å². The van der Waals surface area contributed by atoms with Crippen LogP contribution < -0.4 is 20.9 Å². The number of aromatic nitrogens is 2. The molecule has 8 nitrogen and oxygen atoms in total. The van der Waals surface area contributed by atoms with Gasteiger partial charge in [-0.1, -0.05) is 0 Å². The van der Waals surface area contributed by atoms with Crippen LogP contribution in [0.3, 0.4) is 0 Å². The maximum absolute atomic E-state index is 11.7. The van der Waals surface area contributed by atoms with Gasteiger partial charge in [0.2, 0.25) is 5.95 Å². The van der Waals surface area contributed by atoms with Crippen LogP contribution in [-0.4, -0.2) is 60.4 Å². The molecule has 9 heteroatoms. The summed E-state index contributed by atoms with van der Waals surface area (Å²) >= 11 is 0.903. The van der Waals surface area contributed by atoms with E-state index >= 15 is 0 Å². The van der Waals surface area contributed by atoms with Crippen LogP contribution in [0, 0.1) is 11.8 Å². The highest BCUT2D eigenvalue weighted by Crippen LogP contribution is 2.26. The number of imide groups is 1. The fourth-order valence-corrected chi connectivity index (χ4v) is 4.53. The lowest BCUT2D eigenvalue weighted by Crippen LogP contribution is -2.39. The summed E-state index contributed by atoms with van der Waals surface area (Å²) in [4.78, 5) is 34.5. The average Bonchev–Trinajstić information content (AvgIpc) is 3.32. The number of amides is 2. The Morgan fingerprint density at radius 1 is 1.21 bits per heavy atom. The van der Waals surface area contributed by atoms with Crippen molar-refractivity contribution in [1.29, 1.82) is 0 Å². The number of nitrogens with one attached hydrogen (secondary N) is 3. The molecule has 4 heterocycles. The molecule has 3 N–H and O–H groups in total. The second-order valence-electron chi connectivity index (χ2n) is 7.58. The quantitative estimate of drug-likeness (QED) is 0.611. The highest BCUT2D eigenvalue weighted by atomic mass is 32.2. The minimum absolute atomic E-state index is 0.342. The highest BCUT2D eigenvalue weighted by molar-refractivity contribution is 8.18. The number of rotatable bonds is 6. The van der Waals surface area contributed by atoms with E-state index < -0.39 is 0 Å². The molecule has 3 aliphatic heterocycles. The fraction of sp³-hybridized carbons (Fsp3) is 0.579. The first-order valence-corrected chi connectivity index (χ1v) is 10.7. The summed E-state index contributed by atoms with van der Waals surface area (Å²) in [6.45, 7) is 6.36. The van der Waals surface area contributed by atoms with Gasteiger partial charge in [0, 0.05) is 19.3 Å². The zero-order valence-corrected chi connectivity index (χ0v) is 16.6. The van der Waals surface area contributed by atoms with Gasteiger partial charge < -0.3 is 15.5 Å². The van der Waals surface area contributed by atoms with E-state index in [9.17, 15) is 9.59 Å². The SMILES string of the molecule is O=C1NC(=O)/C(=C/c2ccnc(N3CCC(CNCC4CCNC4)CC3)n2)S1. The van der Waals surface area contributed by atoms with Gasteiger partial charge in [-0.25, -0.2) is 9.97 Å². The minimum atomic E-state index is -0.364. The lowest BCUT2D eigenvalue weighted by Gasteiger charge is -2.32. The maximum atomic E-state index is 11.7. The summed E-state index contributed by atoms with van der Waals surface area (Å²) in [5.74, 6) is 1.80. The Labute approximate surface area is 168 Å². The monoisotopic (exact) mass is 402 g/mol. The predicted molar refractivity (Wildman–Crippen MR) is 110 cm³/mol. The predicted octanol–water partition coefficient (Wildman–Crippen LogP) is 1.22. The second kappa shape index (κ2) is 9.02. The van der Waals surface area contributed by atoms with E-state index in [1.807, 2.05) is 0 Å². The molecule has 4 rings (SSSR count). The van der Waals surface area contributed by atoms with Gasteiger partial charge >= 0.3 is 0 Å². The van der Waals surface area contributed by atoms with Crippen LogP contribution in [0.15, 0.2) is 17.2 Å². The zero-order valence-electron chi connectivity index (χ0n) is 15.8. The Morgan fingerprint density at radius 2 is 2.04 bits per heavy atom. The Balaban J connectivity index is 1.28. The number of hydrogen-bond donors (Lipinski definition) is 3. The van der Waals surface area contributed by atoms with Gasteiger partial charge in [0.05, 0.1) is 10.6 Å². The van der Waals surface area contributed by atoms with Crippen molar-refractivity contribution in [2.75, 3.05) is 44.2 Å². The van der Waals surface area contributed by atoms with E-state index in [4.69, 9.17) is 0 Å². The molecule has 3 aliphatic rings. The third kappa shape index (κ3) is 4.89. The molecular formula is C19H26N6O2S. The van der Waals surface area contributed by atoms with Crippen LogP contribution in [0.5, 0.6) is 0 Å². The van der Waals surface area contributed by atoms with Gasteiger partial charge in [-0.2, -0.15) is 0 Å². The molecule has 1 aromatic rings. The smallest absolute Gasteiger partial charge is 0.290 e. The molecule has 0 aromatic carbocycles. The zero-order chi connectivity index (χ0) is 19.3. The largest absolute Gasteiger partial charge is 0.341 e. The summed E-state index contributed by atoms with van der Waals surface area (Å²) in [5.41, 5.74) is 0.645. The van der Waals surface area contributed by atoms with Crippen LogP contribution in [0.4, 0.5) is 10.7 Å². The molecule has 0 spiro atoms. The molecule has 3 saturated heterocycles. The van der Waals surface area contributed by atoms with E-state index in [0.29, 0.717) is 22.5 Å². The third-order valence-corrected chi connectivity index (χ3v) is 6.32. The van der Waals surface area contributed by atoms with E-state index in [0.717, 1.165) is 69.8 Å². The van der Waals surface area contributed by atoms with Crippen LogP contribution in [-0.2, 0) is 4.79 Å². The van der Waals surface area contributed by atoms with E-state index in [-0.39, 0.29) is 11.1 Å². The molecule has 1 aromatic heterocycles. The van der Waals surface area contributed by atoms with E-state index in [1.165, 1.54) is 6.42 Å². The van der Waals surface area contributed by atoms with E-state index in [1.54, 1.807) is 18.3 Å². The summed E-state index contributed by atoms with van der Waals surface area (Å²) in [7, 11) is 0. The molecule has 0 bridgehead atoms. The standard InChI is InChI=1S/C19H26N6O2S/c26-17-16(28-19(27)24-17)9-15-2-6-22-18(23-15)25-7-3-13(4-8-25)10-21-12-14-1-5-20-11-14/h2,6,9,13-14,20-21H,1,3-5,7-8,10-12H2,(H,24,26,27)/b16-9-. The highest BCUT2D eigenvalue weighted by Gasteiger charge is 2.26. The summed E-state index contributed by atoms with van der Waals surface area (Å²) in [6.07, 6.45) is 6.88. The molecule has 3 fully saturated rings. The lowest BCUT2D eigenvalue weighted by atomic mass is 9.96. The number of hydrogen-bond acceptors (Lipinski definition) is 8. The van der Waals surface area contributed by atoms with Crippen molar-refractivity contribution in [1.82, 2.24) is 25.9 Å². The Hall–Kier alpha value is -1.97. The molecule has 0 radical (unpaired) electrons. The second-order valence-corrected chi connectivity index (χ2v) is 8.60. The number of anilines is 1. The average molecular weight is 403 g/mol. The van der Waals surface area contributed by atoms with Crippen LogP contribution in [0.1, 0.15) is 25.0 Å². The van der Waals surface area contributed by atoms with Crippen molar-refractivity contribution in [2.24, 2.45) is 11.8 Å². The van der Waals surface area contributed by atoms with Gasteiger partial charge in [-0.15, -0.1) is 0 Å². The maximum Gasteiger partial charge on any atom is 0.290 e. The Morgan fingerprint density at radius 3 is 2.75 bits per heavy atom. The van der Waals surface area contributed by atoms with Gasteiger partial charge in [-0.3, -0.25) is 14.9 Å².